The minimum atomic E-state index is -1.25. The first-order chi connectivity index (χ1) is 15.1. The van der Waals surface area contributed by atoms with E-state index in [1.807, 2.05) is 0 Å². The highest BCUT2D eigenvalue weighted by molar-refractivity contribution is 5.87. The Morgan fingerprint density at radius 1 is 1.28 bits per heavy atom. The molecule has 1 aliphatic carbocycles. The van der Waals surface area contributed by atoms with Crippen molar-refractivity contribution in [1.29, 1.82) is 0 Å². The van der Waals surface area contributed by atoms with Gasteiger partial charge in [0, 0.05) is 5.56 Å². The molecule has 1 heterocycles. The van der Waals surface area contributed by atoms with E-state index in [-0.39, 0.29) is 17.3 Å². The van der Waals surface area contributed by atoms with Crippen molar-refractivity contribution < 1.29 is 33.3 Å². The summed E-state index contributed by atoms with van der Waals surface area (Å²) >= 11 is 0. The predicted octanol–water partition coefficient (Wildman–Crippen LogP) is 4.81. The van der Waals surface area contributed by atoms with Gasteiger partial charge in [0.1, 0.15) is 5.60 Å². The highest BCUT2D eigenvalue weighted by atomic mass is 16.6. The number of alkyl carbamates (subject to hydrolysis) is 1. The number of carbonyl (C=O) groups excluding carboxylic acids is 1. The molecule has 2 N–H and O–H groups in total. The number of rotatable bonds is 9. The van der Waals surface area contributed by atoms with Gasteiger partial charge < -0.3 is 29.1 Å². The molecule has 1 amide bonds. The molecule has 3 rings (SSSR count). The Balaban J connectivity index is 1.90. The van der Waals surface area contributed by atoms with Crippen LogP contribution in [0.3, 0.4) is 0 Å². The molecule has 1 aliphatic rings. The van der Waals surface area contributed by atoms with Gasteiger partial charge in [0.25, 0.3) is 0 Å². The molecule has 0 saturated heterocycles. The minimum absolute atomic E-state index is 0.0529. The van der Waals surface area contributed by atoms with Gasteiger partial charge in [-0.3, -0.25) is 0 Å². The van der Waals surface area contributed by atoms with Crippen molar-refractivity contribution in [3.05, 3.63) is 29.7 Å². The summed E-state index contributed by atoms with van der Waals surface area (Å²) in [5, 5.41) is 12.3. The minimum Gasteiger partial charge on any atom is -0.493 e. The second kappa shape index (κ2) is 9.50. The zero-order chi connectivity index (χ0) is 23.5. The molecule has 2 aromatic rings. The second-order valence-electron chi connectivity index (χ2n) is 8.76. The number of ether oxygens (including phenoxy) is 3. The van der Waals surface area contributed by atoms with Crippen LogP contribution < -0.4 is 14.8 Å². The number of carboxylic acids is 1. The molecule has 0 aliphatic heterocycles. The lowest BCUT2D eigenvalue weighted by Crippen LogP contribution is -2.35. The van der Waals surface area contributed by atoms with E-state index in [0.717, 1.165) is 12.8 Å². The average molecular weight is 447 g/mol. The lowest BCUT2D eigenvalue weighted by molar-refractivity contribution is 0.0492. The number of benzene rings is 1. The van der Waals surface area contributed by atoms with Crippen LogP contribution in [0, 0.1) is 5.92 Å². The number of carboxylic acid groups (broad SMARTS) is 1. The van der Waals surface area contributed by atoms with Crippen molar-refractivity contribution in [2.45, 2.75) is 58.6 Å². The SMILES string of the molecule is CCC(NC(=O)OC(C)(C)C)c1oc(-c2ccc(OC)c(OCC3CC3)c2)nc1C(=O)O. The van der Waals surface area contributed by atoms with Gasteiger partial charge in [0.05, 0.1) is 19.8 Å². The largest absolute Gasteiger partial charge is 0.493 e. The van der Waals surface area contributed by atoms with Crippen molar-refractivity contribution in [2.75, 3.05) is 13.7 Å². The summed E-state index contributed by atoms with van der Waals surface area (Å²) < 4.78 is 22.4. The van der Waals surface area contributed by atoms with Gasteiger partial charge in [-0.25, -0.2) is 14.6 Å². The van der Waals surface area contributed by atoms with Crippen molar-refractivity contribution in [3.63, 3.8) is 0 Å². The summed E-state index contributed by atoms with van der Waals surface area (Å²) in [5.74, 6) is 0.570. The van der Waals surface area contributed by atoms with Crippen LogP contribution >= 0.6 is 0 Å². The number of oxazole rings is 1. The van der Waals surface area contributed by atoms with Crippen LogP contribution in [-0.4, -0.2) is 41.5 Å². The number of amides is 1. The van der Waals surface area contributed by atoms with E-state index < -0.39 is 23.7 Å². The van der Waals surface area contributed by atoms with Gasteiger partial charge in [0.2, 0.25) is 5.89 Å². The summed E-state index contributed by atoms with van der Waals surface area (Å²) in [7, 11) is 1.55. The van der Waals surface area contributed by atoms with E-state index in [1.165, 1.54) is 0 Å². The van der Waals surface area contributed by atoms with Gasteiger partial charge in [0.15, 0.2) is 23.0 Å². The van der Waals surface area contributed by atoms with E-state index in [9.17, 15) is 14.7 Å². The zero-order valence-electron chi connectivity index (χ0n) is 19.1. The molecule has 1 saturated carbocycles. The lowest BCUT2D eigenvalue weighted by atomic mass is 10.1. The maximum atomic E-state index is 12.2. The quantitative estimate of drug-likeness (QED) is 0.563. The van der Waals surface area contributed by atoms with E-state index in [2.05, 4.69) is 10.3 Å². The third-order valence-corrected chi connectivity index (χ3v) is 4.85. The first-order valence-electron chi connectivity index (χ1n) is 10.7. The highest BCUT2D eigenvalue weighted by Gasteiger charge is 2.29. The molecule has 1 unspecified atom stereocenters. The average Bonchev–Trinajstić information content (AvgIpc) is 3.44. The van der Waals surface area contributed by atoms with E-state index in [0.29, 0.717) is 36.0 Å². The fourth-order valence-electron chi connectivity index (χ4n) is 3.06. The Morgan fingerprint density at radius 3 is 2.56 bits per heavy atom. The highest BCUT2D eigenvalue weighted by Crippen LogP contribution is 2.36. The fraction of sp³-hybridized carbons (Fsp3) is 0.522. The molecule has 1 aromatic carbocycles. The number of nitrogens with one attached hydrogen (secondary N) is 1. The number of aromatic nitrogens is 1. The molecular weight excluding hydrogens is 416 g/mol. The molecule has 1 aromatic heterocycles. The van der Waals surface area contributed by atoms with Crippen LogP contribution in [0.25, 0.3) is 11.5 Å². The summed E-state index contributed by atoms with van der Waals surface area (Å²) in [4.78, 5) is 28.3. The molecule has 174 valence electrons. The molecule has 9 nitrogen and oxygen atoms in total. The standard InChI is InChI=1S/C23H30N2O7/c1-6-15(24-22(28)32-23(2,3)4)19-18(21(26)27)25-20(31-19)14-9-10-16(29-5)17(11-14)30-12-13-7-8-13/h9-11,13,15H,6-8,12H2,1-5H3,(H,24,28)(H,26,27). The Labute approximate surface area is 187 Å². The Morgan fingerprint density at radius 2 is 2.00 bits per heavy atom. The monoisotopic (exact) mass is 446 g/mol. The van der Waals surface area contributed by atoms with Gasteiger partial charge in [-0.15, -0.1) is 0 Å². The first-order valence-corrected chi connectivity index (χ1v) is 10.7. The van der Waals surface area contributed by atoms with Crippen LogP contribution in [0.4, 0.5) is 4.79 Å². The third-order valence-electron chi connectivity index (χ3n) is 4.85. The van der Waals surface area contributed by atoms with Crippen LogP contribution in [0.1, 0.15) is 69.2 Å². The summed E-state index contributed by atoms with van der Waals surface area (Å²) in [6, 6.07) is 4.43. The maximum Gasteiger partial charge on any atom is 0.408 e. The van der Waals surface area contributed by atoms with Crippen molar-refractivity contribution in [2.24, 2.45) is 5.92 Å². The predicted molar refractivity (Wildman–Crippen MR) is 116 cm³/mol. The molecule has 32 heavy (non-hydrogen) atoms. The molecule has 1 atom stereocenters. The van der Waals surface area contributed by atoms with Crippen LogP contribution in [0.15, 0.2) is 22.6 Å². The smallest absolute Gasteiger partial charge is 0.408 e. The Kier molecular flexibility index (Phi) is 6.96. The fourth-order valence-corrected chi connectivity index (χ4v) is 3.06. The van der Waals surface area contributed by atoms with Crippen LogP contribution in [-0.2, 0) is 4.74 Å². The molecular formula is C23H30N2O7. The molecule has 0 bridgehead atoms. The number of hydrogen-bond donors (Lipinski definition) is 2. The van der Waals surface area contributed by atoms with Gasteiger partial charge >= 0.3 is 12.1 Å². The molecule has 9 heteroatoms. The molecule has 0 radical (unpaired) electrons. The van der Waals surface area contributed by atoms with Gasteiger partial charge in [-0.2, -0.15) is 0 Å². The van der Waals surface area contributed by atoms with E-state index >= 15 is 0 Å². The van der Waals surface area contributed by atoms with Crippen molar-refractivity contribution >= 4 is 12.1 Å². The normalized spacial score (nSPS) is 14.5. The van der Waals surface area contributed by atoms with Crippen LogP contribution in [0.2, 0.25) is 0 Å². The Bertz CT molecular complexity index is 973. The molecule has 1 fully saturated rings. The summed E-state index contributed by atoms with van der Waals surface area (Å²) in [5.41, 5.74) is -0.415. The molecule has 0 spiro atoms. The van der Waals surface area contributed by atoms with Gasteiger partial charge in [-0.1, -0.05) is 6.92 Å². The van der Waals surface area contributed by atoms with Crippen molar-refractivity contribution in [1.82, 2.24) is 10.3 Å². The van der Waals surface area contributed by atoms with E-state index in [1.54, 1.807) is 53.0 Å². The van der Waals surface area contributed by atoms with Crippen molar-refractivity contribution in [3.8, 4) is 23.0 Å². The first kappa shape index (κ1) is 23.4. The summed E-state index contributed by atoms with van der Waals surface area (Å²) in [6.07, 6.45) is 2.01. The Hall–Kier alpha value is -3.23. The third kappa shape index (κ3) is 5.93. The maximum absolute atomic E-state index is 12.2. The summed E-state index contributed by atoms with van der Waals surface area (Å²) in [6.45, 7) is 7.63. The van der Waals surface area contributed by atoms with E-state index in [4.69, 9.17) is 18.6 Å². The zero-order valence-corrected chi connectivity index (χ0v) is 19.1. The van der Waals surface area contributed by atoms with Gasteiger partial charge in [-0.05, 0) is 64.2 Å². The lowest BCUT2D eigenvalue weighted by Gasteiger charge is -2.22. The number of carbonyl (C=O) groups is 2. The number of methoxy groups -OCH3 is 1. The number of nitrogens with zero attached hydrogens (tertiary/aromatic N) is 1. The number of aromatic carboxylic acids is 1. The number of hydrogen-bond acceptors (Lipinski definition) is 7. The second-order valence-corrected chi connectivity index (χ2v) is 8.76. The topological polar surface area (TPSA) is 120 Å². The van der Waals surface area contributed by atoms with Crippen LogP contribution in [0.5, 0.6) is 11.5 Å².